The van der Waals surface area contributed by atoms with Gasteiger partial charge in [-0.25, -0.2) is 14.4 Å². The van der Waals surface area contributed by atoms with Crippen LogP contribution in [0.25, 0.3) is 22.3 Å². The number of hydrogen-bond donors (Lipinski definition) is 1. The summed E-state index contributed by atoms with van der Waals surface area (Å²) in [5, 5.41) is 12.4. The smallest absolute Gasteiger partial charge is 0.167 e. The molecule has 0 spiro atoms. The Kier molecular flexibility index (Phi) is 4.49. The Bertz CT molecular complexity index is 1320. The zero-order chi connectivity index (χ0) is 22.6. The van der Waals surface area contributed by atoms with Crippen LogP contribution in [0.3, 0.4) is 0 Å². The average Bonchev–Trinajstić information content (AvgIpc) is 3.18. The van der Waals surface area contributed by atoms with Crippen molar-refractivity contribution >= 4 is 22.4 Å². The van der Waals surface area contributed by atoms with Crippen LogP contribution in [0, 0.1) is 5.82 Å². The summed E-state index contributed by atoms with van der Waals surface area (Å²) in [5.74, 6) is 0.720. The Morgan fingerprint density at radius 2 is 1.85 bits per heavy atom. The second kappa shape index (κ2) is 7.43. The van der Waals surface area contributed by atoms with Crippen LogP contribution in [0.5, 0.6) is 5.75 Å². The highest BCUT2D eigenvalue weighted by molar-refractivity contribution is 5.93. The highest BCUT2D eigenvalue weighted by Crippen LogP contribution is 2.41. The van der Waals surface area contributed by atoms with Gasteiger partial charge in [0.15, 0.2) is 11.6 Å². The molecule has 1 N–H and O–H groups in total. The normalized spacial score (nSPS) is 17.5. The van der Waals surface area contributed by atoms with Crippen LogP contribution >= 0.6 is 0 Å². The Morgan fingerprint density at radius 3 is 2.58 bits per heavy atom. The first kappa shape index (κ1) is 20.0. The molecule has 1 saturated carbocycles. The minimum absolute atomic E-state index is 0.256. The SMILES string of the molecule is Cn1cc(N2CCN(c3cc(-c4n[nH]c5cc(F)c(OC6(C)CC6)cc45)ncn3)CC2)cn1. The molecule has 33 heavy (non-hydrogen) atoms. The number of nitrogens with zero attached hydrogens (tertiary/aromatic N) is 7. The molecular weight excluding hydrogens is 423 g/mol. The van der Waals surface area contributed by atoms with Gasteiger partial charge in [-0.3, -0.25) is 9.78 Å². The topological polar surface area (TPSA) is 88.0 Å². The maximum atomic E-state index is 14.5. The van der Waals surface area contributed by atoms with Gasteiger partial charge < -0.3 is 14.5 Å². The summed E-state index contributed by atoms with van der Waals surface area (Å²) < 4.78 is 22.3. The van der Waals surface area contributed by atoms with Gasteiger partial charge in [-0.1, -0.05) is 0 Å². The van der Waals surface area contributed by atoms with Crippen molar-refractivity contribution in [2.45, 2.75) is 25.4 Å². The average molecular weight is 449 g/mol. The summed E-state index contributed by atoms with van der Waals surface area (Å²) >= 11 is 0. The first-order valence-corrected chi connectivity index (χ1v) is 11.2. The molecule has 0 unspecified atom stereocenters. The van der Waals surface area contributed by atoms with Crippen LogP contribution in [-0.4, -0.2) is 61.7 Å². The van der Waals surface area contributed by atoms with Gasteiger partial charge in [-0.15, -0.1) is 0 Å². The number of aromatic nitrogens is 6. The zero-order valence-corrected chi connectivity index (χ0v) is 18.6. The lowest BCUT2D eigenvalue weighted by Crippen LogP contribution is -2.46. The van der Waals surface area contributed by atoms with Gasteiger partial charge in [0.1, 0.15) is 23.4 Å². The van der Waals surface area contributed by atoms with Crippen molar-refractivity contribution < 1.29 is 9.13 Å². The number of nitrogens with one attached hydrogen (secondary N) is 1. The number of H-pyrrole nitrogens is 1. The van der Waals surface area contributed by atoms with E-state index in [-0.39, 0.29) is 17.2 Å². The quantitative estimate of drug-likeness (QED) is 0.502. The Balaban J connectivity index is 1.25. The van der Waals surface area contributed by atoms with Crippen LogP contribution in [0.15, 0.2) is 36.9 Å². The molecule has 1 aliphatic carbocycles. The predicted molar refractivity (Wildman–Crippen MR) is 123 cm³/mol. The van der Waals surface area contributed by atoms with E-state index < -0.39 is 0 Å². The van der Waals surface area contributed by atoms with Crippen molar-refractivity contribution in [1.82, 2.24) is 29.9 Å². The maximum absolute atomic E-state index is 14.5. The van der Waals surface area contributed by atoms with Crippen LogP contribution in [0.1, 0.15) is 19.8 Å². The van der Waals surface area contributed by atoms with Crippen molar-refractivity contribution in [3.05, 3.63) is 42.7 Å². The maximum Gasteiger partial charge on any atom is 0.167 e. The highest BCUT2D eigenvalue weighted by atomic mass is 19.1. The number of benzene rings is 1. The van der Waals surface area contributed by atoms with Crippen molar-refractivity contribution in [1.29, 1.82) is 0 Å². The monoisotopic (exact) mass is 448 g/mol. The fourth-order valence-electron chi connectivity index (χ4n) is 4.25. The van der Waals surface area contributed by atoms with Gasteiger partial charge in [0.05, 0.1) is 23.1 Å². The molecule has 0 atom stereocenters. The summed E-state index contributed by atoms with van der Waals surface area (Å²) in [4.78, 5) is 13.5. The second-order valence-electron chi connectivity index (χ2n) is 9.06. The third-order valence-corrected chi connectivity index (χ3v) is 6.48. The molecule has 0 bridgehead atoms. The number of hydrogen-bond acceptors (Lipinski definition) is 7. The molecule has 4 heterocycles. The molecule has 0 radical (unpaired) electrons. The molecule has 170 valence electrons. The Morgan fingerprint density at radius 1 is 1.06 bits per heavy atom. The lowest BCUT2D eigenvalue weighted by Gasteiger charge is -2.36. The molecule has 4 aromatic rings. The number of aromatic amines is 1. The first-order valence-electron chi connectivity index (χ1n) is 11.2. The molecule has 2 aliphatic rings. The summed E-state index contributed by atoms with van der Waals surface area (Å²) in [6, 6.07) is 5.11. The molecule has 0 amide bonds. The third-order valence-electron chi connectivity index (χ3n) is 6.48. The molecule has 9 nitrogen and oxygen atoms in total. The standard InChI is InChI=1S/C23H25FN8O/c1-23(3-4-23)33-20-9-16-18(10-17(20)24)28-29-22(16)19-11-21(26-14-25-19)32-7-5-31(6-8-32)15-12-27-30(2)13-15/h9-14H,3-8H2,1-2H3,(H,28,29). The second-order valence-corrected chi connectivity index (χ2v) is 9.06. The molecule has 6 rings (SSSR count). The number of halogens is 1. The minimum atomic E-state index is -0.388. The summed E-state index contributed by atoms with van der Waals surface area (Å²) in [6.07, 6.45) is 7.36. The van der Waals surface area contributed by atoms with Gasteiger partial charge in [0.25, 0.3) is 0 Å². The Labute approximate surface area is 190 Å². The Hall–Kier alpha value is -3.69. The van der Waals surface area contributed by atoms with E-state index in [1.54, 1.807) is 12.4 Å². The first-order chi connectivity index (χ1) is 16.0. The van der Waals surface area contributed by atoms with E-state index >= 15 is 0 Å². The van der Waals surface area contributed by atoms with E-state index in [4.69, 9.17) is 4.74 Å². The van der Waals surface area contributed by atoms with Gasteiger partial charge in [-0.05, 0) is 25.8 Å². The summed E-state index contributed by atoms with van der Waals surface area (Å²) in [7, 11) is 1.93. The molecule has 1 saturated heterocycles. The number of ether oxygens (including phenoxy) is 1. The van der Waals surface area contributed by atoms with E-state index in [0.717, 1.165) is 55.9 Å². The third kappa shape index (κ3) is 3.75. The number of piperazine rings is 1. The number of fused-ring (bicyclic) bond motifs is 1. The largest absolute Gasteiger partial charge is 0.484 e. The fraction of sp³-hybridized carbons (Fsp3) is 0.391. The predicted octanol–water partition coefficient (Wildman–Crippen LogP) is 3.15. The van der Waals surface area contributed by atoms with Crippen molar-refractivity contribution in [3.63, 3.8) is 0 Å². The molecule has 2 fully saturated rings. The van der Waals surface area contributed by atoms with Crippen LogP contribution < -0.4 is 14.5 Å². The van der Waals surface area contributed by atoms with Crippen LogP contribution in [0.2, 0.25) is 0 Å². The molecule has 1 aliphatic heterocycles. The molecular formula is C23H25FN8O. The number of anilines is 2. The van der Waals surface area contributed by atoms with Gasteiger partial charge in [0.2, 0.25) is 0 Å². The van der Waals surface area contributed by atoms with Crippen LogP contribution in [0.4, 0.5) is 15.9 Å². The van der Waals surface area contributed by atoms with E-state index in [1.807, 2.05) is 37.1 Å². The molecule has 3 aromatic heterocycles. The lowest BCUT2D eigenvalue weighted by atomic mass is 10.1. The lowest BCUT2D eigenvalue weighted by molar-refractivity contribution is 0.191. The minimum Gasteiger partial charge on any atom is -0.484 e. The highest BCUT2D eigenvalue weighted by Gasteiger charge is 2.40. The number of aryl methyl sites for hydroxylation is 1. The van der Waals surface area contributed by atoms with Gasteiger partial charge in [-0.2, -0.15) is 10.2 Å². The van der Waals surface area contributed by atoms with Gasteiger partial charge >= 0.3 is 0 Å². The fourth-order valence-corrected chi connectivity index (χ4v) is 4.25. The van der Waals surface area contributed by atoms with Crippen molar-refractivity contribution in [2.75, 3.05) is 36.0 Å². The van der Waals surface area contributed by atoms with E-state index in [0.29, 0.717) is 16.9 Å². The molecule has 10 heteroatoms. The van der Waals surface area contributed by atoms with Crippen molar-refractivity contribution in [3.8, 4) is 17.1 Å². The number of rotatable bonds is 5. The van der Waals surface area contributed by atoms with Gasteiger partial charge in [0, 0.05) is 56.9 Å². The zero-order valence-electron chi connectivity index (χ0n) is 18.6. The summed E-state index contributed by atoms with van der Waals surface area (Å²) in [6.45, 7) is 5.45. The van der Waals surface area contributed by atoms with E-state index in [2.05, 4.69) is 35.1 Å². The molecule has 1 aromatic carbocycles. The van der Waals surface area contributed by atoms with E-state index in [1.165, 1.54) is 6.07 Å². The van der Waals surface area contributed by atoms with E-state index in [9.17, 15) is 4.39 Å². The van der Waals surface area contributed by atoms with Crippen LogP contribution in [-0.2, 0) is 7.05 Å². The van der Waals surface area contributed by atoms with Crippen molar-refractivity contribution in [2.24, 2.45) is 7.05 Å². The summed E-state index contributed by atoms with van der Waals surface area (Å²) in [5.41, 5.74) is 2.83.